The van der Waals surface area contributed by atoms with Crippen molar-refractivity contribution in [1.29, 1.82) is 0 Å². The zero-order valence-corrected chi connectivity index (χ0v) is 19.5. The smallest absolute Gasteiger partial charge is 0.270 e. The molecule has 0 atom stereocenters. The quantitative estimate of drug-likeness (QED) is 0.230. The number of nitro benzene ring substituents is 1. The van der Waals surface area contributed by atoms with Gasteiger partial charge in [0.15, 0.2) is 0 Å². The number of rotatable bonds is 7. The van der Waals surface area contributed by atoms with Gasteiger partial charge in [-0.1, -0.05) is 48.5 Å². The summed E-state index contributed by atoms with van der Waals surface area (Å²) in [6.45, 7) is -0.287. The van der Waals surface area contributed by atoms with Gasteiger partial charge in [0.25, 0.3) is 17.5 Å². The molecule has 0 saturated heterocycles. The molecule has 1 aromatic heterocycles. The van der Waals surface area contributed by atoms with E-state index in [0.29, 0.717) is 0 Å². The predicted octanol–water partition coefficient (Wildman–Crippen LogP) is 4.30. The van der Waals surface area contributed by atoms with E-state index in [-0.39, 0.29) is 23.4 Å². The van der Waals surface area contributed by atoms with E-state index in [9.17, 15) is 24.5 Å². The number of hydrogen-bond acceptors (Lipinski definition) is 7. The van der Waals surface area contributed by atoms with Crippen molar-refractivity contribution < 1.29 is 19.3 Å². The minimum atomic E-state index is -0.728. The zero-order valence-electron chi connectivity index (χ0n) is 18.7. The lowest BCUT2D eigenvalue weighted by Gasteiger charge is -2.13. The Kier molecular flexibility index (Phi) is 6.09. The first-order valence-corrected chi connectivity index (χ1v) is 11.8. The second-order valence-electron chi connectivity index (χ2n) is 8.06. The molecule has 3 aromatic carbocycles. The lowest BCUT2D eigenvalue weighted by Crippen LogP contribution is -2.40. The molecular weight excluding hydrogens is 480 g/mol. The first-order valence-electron chi connectivity index (χ1n) is 10.9. The minimum absolute atomic E-state index is 0.0458. The molecule has 1 aliphatic rings. The summed E-state index contributed by atoms with van der Waals surface area (Å²) in [6.07, 6.45) is 0. The summed E-state index contributed by atoms with van der Waals surface area (Å²) in [6, 6.07) is 20.9. The van der Waals surface area contributed by atoms with Crippen molar-refractivity contribution in [3.8, 4) is 21.8 Å². The van der Waals surface area contributed by atoms with Crippen LogP contribution in [0.4, 0.5) is 5.69 Å². The number of carbonyl (C=O) groups excluding carboxylic acids is 3. The van der Waals surface area contributed by atoms with E-state index in [1.54, 1.807) is 0 Å². The van der Waals surface area contributed by atoms with E-state index >= 15 is 0 Å². The van der Waals surface area contributed by atoms with Crippen LogP contribution in [0.2, 0.25) is 0 Å². The van der Waals surface area contributed by atoms with Crippen molar-refractivity contribution in [2.45, 2.75) is 6.54 Å². The van der Waals surface area contributed by atoms with E-state index in [1.165, 1.54) is 17.4 Å². The van der Waals surface area contributed by atoms with Gasteiger partial charge in [0.2, 0.25) is 5.91 Å². The topological polar surface area (TPSA) is 123 Å². The molecule has 0 spiro atoms. The summed E-state index contributed by atoms with van der Waals surface area (Å²) >= 11 is 1.53. The first kappa shape index (κ1) is 23.1. The summed E-state index contributed by atoms with van der Waals surface area (Å²) in [5, 5.41) is 16.5. The average Bonchev–Trinajstić information content (AvgIpc) is 3.48. The van der Waals surface area contributed by atoms with Crippen LogP contribution in [0.15, 0.2) is 78.2 Å². The van der Waals surface area contributed by atoms with E-state index < -0.39 is 29.2 Å². The van der Waals surface area contributed by atoms with Crippen LogP contribution in [-0.4, -0.2) is 39.1 Å². The Bertz CT molecular complexity index is 1520. The number of nitrogens with zero attached hydrogens (tertiary/aromatic N) is 3. The molecule has 0 radical (unpaired) electrons. The van der Waals surface area contributed by atoms with Crippen LogP contribution in [0.3, 0.4) is 0 Å². The highest BCUT2D eigenvalue weighted by Gasteiger charge is 2.37. The Balaban J connectivity index is 1.23. The molecular formula is C26H18N4O5S. The van der Waals surface area contributed by atoms with E-state index in [1.807, 2.05) is 60.0 Å². The zero-order chi connectivity index (χ0) is 25.2. The fraction of sp³-hybridized carbons (Fsp3) is 0.0769. The van der Waals surface area contributed by atoms with E-state index in [0.717, 1.165) is 44.4 Å². The Morgan fingerprint density at radius 2 is 1.69 bits per heavy atom. The highest BCUT2D eigenvalue weighted by molar-refractivity contribution is 7.13. The van der Waals surface area contributed by atoms with E-state index in [2.05, 4.69) is 5.32 Å². The van der Waals surface area contributed by atoms with E-state index in [4.69, 9.17) is 4.98 Å². The van der Waals surface area contributed by atoms with Gasteiger partial charge in [-0.05, 0) is 17.7 Å². The molecule has 1 aliphatic heterocycles. The molecule has 4 aromatic rings. The summed E-state index contributed by atoms with van der Waals surface area (Å²) in [5.41, 5.74) is 3.34. The molecule has 5 rings (SSSR count). The number of fused-ring (bicyclic) bond motifs is 1. The van der Waals surface area contributed by atoms with Gasteiger partial charge in [0.1, 0.15) is 11.6 Å². The standard InChI is InChI=1S/C26H18N4O5S/c31-23(14-29-25(32)20-10-9-19(30(34)35)12-21(20)26(29)33)27-13-16-5-4-8-18(11-16)24-28-22(15-36-24)17-6-2-1-3-7-17/h1-12,15H,13-14H2,(H,27,31). The SMILES string of the molecule is O=C(CN1C(=O)c2ccc([N+](=O)[O-])cc2C1=O)NCc1cccc(-c2nc(-c3ccccc3)cs2)c1. The number of benzene rings is 3. The summed E-state index contributed by atoms with van der Waals surface area (Å²) in [4.78, 5) is 53.5. The Morgan fingerprint density at radius 3 is 2.47 bits per heavy atom. The maximum atomic E-state index is 12.6. The van der Waals surface area contributed by atoms with Crippen LogP contribution >= 0.6 is 11.3 Å². The maximum Gasteiger partial charge on any atom is 0.270 e. The van der Waals surface area contributed by atoms with Crippen LogP contribution in [0.1, 0.15) is 26.3 Å². The Labute approximate surface area is 209 Å². The number of hydrogen-bond donors (Lipinski definition) is 1. The van der Waals surface area contributed by atoms with Crippen molar-refractivity contribution in [3.05, 3.63) is 105 Å². The third-order valence-electron chi connectivity index (χ3n) is 5.70. The maximum absolute atomic E-state index is 12.6. The molecule has 178 valence electrons. The van der Waals surface area contributed by atoms with Crippen molar-refractivity contribution >= 4 is 34.7 Å². The molecule has 0 unspecified atom stereocenters. The van der Waals surface area contributed by atoms with Crippen molar-refractivity contribution in [1.82, 2.24) is 15.2 Å². The number of nitro groups is 1. The highest BCUT2D eigenvalue weighted by Crippen LogP contribution is 2.29. The number of imide groups is 1. The van der Waals surface area contributed by atoms with Gasteiger partial charge in [0, 0.05) is 35.2 Å². The van der Waals surface area contributed by atoms with Gasteiger partial charge in [-0.2, -0.15) is 0 Å². The highest BCUT2D eigenvalue weighted by atomic mass is 32.1. The van der Waals surface area contributed by atoms with Crippen molar-refractivity contribution in [2.75, 3.05) is 6.54 Å². The molecule has 3 amide bonds. The van der Waals surface area contributed by atoms with Gasteiger partial charge in [-0.25, -0.2) is 4.98 Å². The van der Waals surface area contributed by atoms with Crippen LogP contribution in [-0.2, 0) is 11.3 Å². The molecule has 0 bridgehead atoms. The number of amides is 3. The normalized spacial score (nSPS) is 12.5. The molecule has 0 fully saturated rings. The Hall–Kier alpha value is -4.70. The van der Waals surface area contributed by atoms with Crippen LogP contribution < -0.4 is 5.32 Å². The second kappa shape index (κ2) is 9.51. The summed E-state index contributed by atoms with van der Waals surface area (Å²) < 4.78 is 0. The van der Waals surface area contributed by atoms with Gasteiger partial charge in [0.05, 0.1) is 21.7 Å². The Morgan fingerprint density at radius 1 is 0.944 bits per heavy atom. The molecule has 10 heteroatoms. The third kappa shape index (κ3) is 4.49. The lowest BCUT2D eigenvalue weighted by molar-refractivity contribution is -0.384. The van der Waals surface area contributed by atoms with Gasteiger partial charge < -0.3 is 5.32 Å². The number of thiazole rings is 1. The largest absolute Gasteiger partial charge is 0.350 e. The molecule has 0 saturated carbocycles. The van der Waals surface area contributed by atoms with Crippen molar-refractivity contribution in [3.63, 3.8) is 0 Å². The van der Waals surface area contributed by atoms with Crippen molar-refractivity contribution in [2.24, 2.45) is 0 Å². The molecule has 0 aliphatic carbocycles. The number of nitrogens with one attached hydrogen (secondary N) is 1. The third-order valence-corrected chi connectivity index (χ3v) is 6.60. The lowest BCUT2D eigenvalue weighted by atomic mass is 10.1. The number of aromatic nitrogens is 1. The first-order chi connectivity index (χ1) is 17.4. The molecule has 1 N–H and O–H groups in total. The summed E-state index contributed by atoms with van der Waals surface area (Å²) in [5.74, 6) is -1.90. The monoisotopic (exact) mass is 498 g/mol. The fourth-order valence-corrected chi connectivity index (χ4v) is 4.72. The average molecular weight is 499 g/mol. The fourth-order valence-electron chi connectivity index (χ4n) is 3.90. The van der Waals surface area contributed by atoms with Gasteiger partial charge in [-0.15, -0.1) is 11.3 Å². The van der Waals surface area contributed by atoms with Crippen LogP contribution in [0.5, 0.6) is 0 Å². The van der Waals surface area contributed by atoms with Crippen LogP contribution in [0, 0.1) is 10.1 Å². The minimum Gasteiger partial charge on any atom is -0.350 e. The van der Waals surface area contributed by atoms with Gasteiger partial charge in [-0.3, -0.25) is 29.4 Å². The second-order valence-corrected chi connectivity index (χ2v) is 8.92. The van der Waals surface area contributed by atoms with Gasteiger partial charge >= 0.3 is 0 Å². The number of non-ortho nitro benzene ring substituents is 1. The molecule has 36 heavy (non-hydrogen) atoms. The van der Waals surface area contributed by atoms with Crippen LogP contribution in [0.25, 0.3) is 21.8 Å². The molecule has 9 nitrogen and oxygen atoms in total. The molecule has 2 heterocycles. The summed E-state index contributed by atoms with van der Waals surface area (Å²) in [7, 11) is 0. The number of carbonyl (C=O) groups is 3. The predicted molar refractivity (Wildman–Crippen MR) is 133 cm³/mol.